The Hall–Kier alpha value is -1.07. The fourth-order valence-electron chi connectivity index (χ4n) is 2.10. The van der Waals surface area contributed by atoms with Crippen molar-refractivity contribution in [2.45, 2.75) is 44.6 Å². The van der Waals surface area contributed by atoms with Crippen LogP contribution in [0.3, 0.4) is 0 Å². The Morgan fingerprint density at radius 3 is 2.75 bits per heavy atom. The summed E-state index contributed by atoms with van der Waals surface area (Å²) in [7, 11) is 0. The van der Waals surface area contributed by atoms with Crippen molar-refractivity contribution in [3.63, 3.8) is 0 Å². The van der Waals surface area contributed by atoms with Gasteiger partial charge in [-0.1, -0.05) is 0 Å². The molecule has 0 spiro atoms. The first-order chi connectivity index (χ1) is 9.32. The van der Waals surface area contributed by atoms with E-state index in [2.05, 4.69) is 25.1 Å². The summed E-state index contributed by atoms with van der Waals surface area (Å²) in [5.41, 5.74) is 1.01. The summed E-state index contributed by atoms with van der Waals surface area (Å²) >= 11 is 1.58. The molecule has 20 heavy (non-hydrogen) atoms. The molecule has 1 heterocycles. The van der Waals surface area contributed by atoms with Crippen LogP contribution in [-0.4, -0.2) is 29.0 Å². The van der Waals surface area contributed by atoms with Crippen molar-refractivity contribution in [3.05, 3.63) is 29.1 Å². The summed E-state index contributed by atoms with van der Waals surface area (Å²) in [6.07, 6.45) is 0.791. The minimum Gasteiger partial charge on any atom is -0.462 e. The third-order valence-electron chi connectivity index (χ3n) is 3.19. The number of fused-ring (bicyclic) bond motifs is 1. The van der Waals surface area contributed by atoms with E-state index in [-0.39, 0.29) is 17.7 Å². The molecular formula is C15H20FNO2S. The van der Waals surface area contributed by atoms with Gasteiger partial charge in [0.25, 0.3) is 0 Å². The standard InChI is InChI=1S/C15H20FNO2S/c1-5-19-14(18)11-9-13-10(8-12(11)16)6-7-17(20-13)15(2,3)4/h8-9H,5-7H2,1-4H3. The highest BCUT2D eigenvalue weighted by molar-refractivity contribution is 7.97. The first-order valence-electron chi connectivity index (χ1n) is 6.78. The lowest BCUT2D eigenvalue weighted by Gasteiger charge is -2.37. The molecule has 2 rings (SSSR count). The molecule has 1 aliphatic rings. The van der Waals surface area contributed by atoms with Gasteiger partial charge in [0.15, 0.2) is 0 Å². The molecule has 0 saturated carbocycles. The first-order valence-corrected chi connectivity index (χ1v) is 7.55. The van der Waals surface area contributed by atoms with Gasteiger partial charge < -0.3 is 4.74 Å². The molecular weight excluding hydrogens is 277 g/mol. The third kappa shape index (κ3) is 3.15. The van der Waals surface area contributed by atoms with E-state index in [4.69, 9.17) is 4.74 Å². The molecule has 0 aliphatic carbocycles. The maximum absolute atomic E-state index is 14.0. The van der Waals surface area contributed by atoms with Crippen molar-refractivity contribution < 1.29 is 13.9 Å². The Balaban J connectivity index is 2.32. The molecule has 1 aromatic carbocycles. The second kappa shape index (κ2) is 5.74. The number of carbonyl (C=O) groups is 1. The second-order valence-electron chi connectivity index (χ2n) is 5.77. The molecule has 0 atom stereocenters. The van der Waals surface area contributed by atoms with Gasteiger partial charge in [0.05, 0.1) is 12.2 Å². The summed E-state index contributed by atoms with van der Waals surface area (Å²) in [5, 5.41) is 0. The maximum atomic E-state index is 14.0. The Morgan fingerprint density at radius 2 is 2.15 bits per heavy atom. The number of carbonyl (C=O) groups excluding carboxylic acids is 1. The van der Waals surface area contributed by atoms with Crippen molar-refractivity contribution in [2.75, 3.05) is 13.2 Å². The van der Waals surface area contributed by atoms with E-state index in [1.165, 1.54) is 6.07 Å². The summed E-state index contributed by atoms with van der Waals surface area (Å²) in [5.74, 6) is -1.09. The average Bonchev–Trinajstić information content (AvgIpc) is 2.36. The van der Waals surface area contributed by atoms with Gasteiger partial charge in [-0.3, -0.25) is 0 Å². The van der Waals surface area contributed by atoms with Crippen molar-refractivity contribution >= 4 is 17.9 Å². The number of hydrogen-bond acceptors (Lipinski definition) is 4. The quantitative estimate of drug-likeness (QED) is 0.615. The monoisotopic (exact) mass is 297 g/mol. The lowest BCUT2D eigenvalue weighted by Crippen LogP contribution is -2.39. The van der Waals surface area contributed by atoms with E-state index in [1.807, 2.05) is 0 Å². The fraction of sp³-hybridized carbons (Fsp3) is 0.533. The summed E-state index contributed by atoms with van der Waals surface area (Å²) < 4.78 is 21.1. The van der Waals surface area contributed by atoms with Crippen molar-refractivity contribution in [2.24, 2.45) is 0 Å². The summed E-state index contributed by atoms with van der Waals surface area (Å²) in [4.78, 5) is 12.7. The van der Waals surface area contributed by atoms with Crippen LogP contribution in [0.1, 0.15) is 43.6 Å². The van der Waals surface area contributed by atoms with Crippen LogP contribution in [0.5, 0.6) is 0 Å². The van der Waals surface area contributed by atoms with Gasteiger partial charge in [-0.25, -0.2) is 13.5 Å². The third-order valence-corrected chi connectivity index (χ3v) is 4.71. The molecule has 110 valence electrons. The minimum absolute atomic E-state index is 0.0221. The fourth-order valence-corrected chi connectivity index (χ4v) is 3.24. The Morgan fingerprint density at radius 1 is 1.45 bits per heavy atom. The van der Waals surface area contributed by atoms with Crippen LogP contribution in [0, 0.1) is 5.82 Å². The van der Waals surface area contributed by atoms with Gasteiger partial charge in [0.1, 0.15) is 5.82 Å². The highest BCUT2D eigenvalue weighted by Gasteiger charge is 2.28. The predicted molar refractivity (Wildman–Crippen MR) is 78.4 cm³/mol. The number of ether oxygens (including phenoxy) is 1. The summed E-state index contributed by atoms with van der Waals surface area (Å²) in [6.45, 7) is 9.25. The SMILES string of the molecule is CCOC(=O)c1cc2c(cc1F)CCN(C(C)(C)C)S2. The van der Waals surface area contributed by atoms with Crippen LogP contribution in [0.15, 0.2) is 17.0 Å². The van der Waals surface area contributed by atoms with E-state index in [9.17, 15) is 9.18 Å². The molecule has 0 unspecified atom stereocenters. The van der Waals surface area contributed by atoms with E-state index in [0.717, 1.165) is 23.4 Å². The predicted octanol–water partition coefficient (Wildman–Crippen LogP) is 3.67. The van der Waals surface area contributed by atoms with Gasteiger partial charge in [0, 0.05) is 17.0 Å². The van der Waals surface area contributed by atoms with Crippen LogP contribution in [0.2, 0.25) is 0 Å². The van der Waals surface area contributed by atoms with Crippen LogP contribution in [0.25, 0.3) is 0 Å². The van der Waals surface area contributed by atoms with Gasteiger partial charge >= 0.3 is 5.97 Å². The van der Waals surface area contributed by atoms with Crippen LogP contribution in [0.4, 0.5) is 4.39 Å². The Bertz CT molecular complexity index is 525. The Kier molecular flexibility index (Phi) is 4.39. The van der Waals surface area contributed by atoms with Crippen LogP contribution >= 0.6 is 11.9 Å². The molecule has 0 aromatic heterocycles. The topological polar surface area (TPSA) is 29.5 Å². The second-order valence-corrected chi connectivity index (χ2v) is 6.84. The van der Waals surface area contributed by atoms with E-state index < -0.39 is 11.8 Å². The molecule has 0 radical (unpaired) electrons. The summed E-state index contributed by atoms with van der Waals surface area (Å²) in [6, 6.07) is 3.08. The van der Waals surface area contributed by atoms with Gasteiger partial charge in [-0.05, 0) is 63.8 Å². The number of esters is 1. The van der Waals surface area contributed by atoms with E-state index in [0.29, 0.717) is 0 Å². The van der Waals surface area contributed by atoms with Crippen molar-refractivity contribution in [1.82, 2.24) is 4.31 Å². The zero-order valence-electron chi connectivity index (χ0n) is 12.3. The highest BCUT2D eigenvalue weighted by atomic mass is 32.2. The zero-order chi connectivity index (χ0) is 14.9. The molecule has 1 aromatic rings. The Labute approximate surface area is 123 Å². The molecule has 0 amide bonds. The van der Waals surface area contributed by atoms with E-state index in [1.54, 1.807) is 24.9 Å². The minimum atomic E-state index is -0.596. The number of rotatable bonds is 2. The first kappa shape index (κ1) is 15.3. The van der Waals surface area contributed by atoms with Gasteiger partial charge in [-0.15, -0.1) is 0 Å². The number of hydrogen-bond donors (Lipinski definition) is 0. The molecule has 5 heteroatoms. The van der Waals surface area contributed by atoms with Crippen LogP contribution in [-0.2, 0) is 11.2 Å². The number of halogens is 1. The van der Waals surface area contributed by atoms with E-state index >= 15 is 0 Å². The smallest absolute Gasteiger partial charge is 0.341 e. The molecule has 3 nitrogen and oxygen atoms in total. The average molecular weight is 297 g/mol. The van der Waals surface area contributed by atoms with Crippen molar-refractivity contribution in [3.8, 4) is 0 Å². The molecule has 0 bridgehead atoms. The van der Waals surface area contributed by atoms with Gasteiger partial charge in [0.2, 0.25) is 0 Å². The highest BCUT2D eigenvalue weighted by Crippen LogP contribution is 2.37. The number of benzene rings is 1. The molecule has 0 fully saturated rings. The zero-order valence-corrected chi connectivity index (χ0v) is 13.1. The molecule has 0 N–H and O–H groups in total. The van der Waals surface area contributed by atoms with Gasteiger partial charge in [-0.2, -0.15) is 0 Å². The lowest BCUT2D eigenvalue weighted by molar-refractivity contribution is 0.0520. The molecule has 0 saturated heterocycles. The maximum Gasteiger partial charge on any atom is 0.341 e. The number of nitrogens with zero attached hydrogens (tertiary/aromatic N) is 1. The largest absolute Gasteiger partial charge is 0.462 e. The normalized spacial score (nSPS) is 15.8. The van der Waals surface area contributed by atoms with Crippen LogP contribution < -0.4 is 0 Å². The molecule has 1 aliphatic heterocycles. The van der Waals surface area contributed by atoms with Crippen molar-refractivity contribution in [1.29, 1.82) is 0 Å². The lowest BCUT2D eigenvalue weighted by atomic mass is 10.1.